The maximum atomic E-state index is 13.5. The fourth-order valence-corrected chi connectivity index (χ4v) is 3.39. The zero-order valence-corrected chi connectivity index (χ0v) is 18.5. The van der Waals surface area contributed by atoms with E-state index in [1.807, 2.05) is 20.8 Å². The number of nitrogens with one attached hydrogen (secondary N) is 1. The van der Waals surface area contributed by atoms with Crippen LogP contribution in [-0.4, -0.2) is 60.1 Å². The highest BCUT2D eigenvalue weighted by molar-refractivity contribution is 6.53. The van der Waals surface area contributed by atoms with Crippen molar-refractivity contribution in [1.29, 1.82) is 0 Å². The Balaban J connectivity index is 1.79. The summed E-state index contributed by atoms with van der Waals surface area (Å²) in [4.78, 5) is 28.0. The number of nitrogens with zero attached hydrogens (tertiary/aromatic N) is 7. The predicted molar refractivity (Wildman–Crippen MR) is 117 cm³/mol. The molecule has 0 unspecified atom stereocenters. The zero-order chi connectivity index (χ0) is 24.2. The van der Waals surface area contributed by atoms with Gasteiger partial charge in [-0.2, -0.15) is 23.4 Å². The molecule has 1 aliphatic rings. The lowest BCUT2D eigenvalue weighted by Crippen LogP contribution is -2.54. The van der Waals surface area contributed by atoms with Crippen LogP contribution in [0.2, 0.25) is 0 Å². The summed E-state index contributed by atoms with van der Waals surface area (Å²) >= 11 is 0. The largest absolute Gasteiger partial charge is 0.434 e. The lowest BCUT2D eigenvalue weighted by Gasteiger charge is -2.40. The Bertz CT molecular complexity index is 1040. The van der Waals surface area contributed by atoms with Crippen LogP contribution in [0.5, 0.6) is 0 Å². The van der Waals surface area contributed by atoms with Gasteiger partial charge in [0.05, 0.1) is 24.8 Å². The molecule has 1 aliphatic heterocycles. The average Bonchev–Trinajstić information content (AvgIpc) is 3.29. The number of amides is 1. The SMILES string of the molecule is C=C(C(=NC=C(C)C)C(=O)N1CCC[C@@H](Nc2cnc(C(F)(F)F)cn2)[C@@H]1C)n1nccn1. The minimum Gasteiger partial charge on any atom is -0.364 e. The van der Waals surface area contributed by atoms with Crippen molar-refractivity contribution in [3.63, 3.8) is 0 Å². The number of halogens is 3. The summed E-state index contributed by atoms with van der Waals surface area (Å²) in [6.07, 6.45) is 3.09. The number of aliphatic imine (C=N–C) groups is 1. The van der Waals surface area contributed by atoms with Gasteiger partial charge in [0.25, 0.3) is 5.91 Å². The van der Waals surface area contributed by atoms with Crippen molar-refractivity contribution in [2.45, 2.75) is 51.9 Å². The van der Waals surface area contributed by atoms with Gasteiger partial charge in [-0.3, -0.25) is 4.79 Å². The number of carbonyl (C=O) groups excluding carboxylic acids is 1. The molecule has 3 heterocycles. The topological polar surface area (TPSA) is 101 Å². The van der Waals surface area contributed by atoms with E-state index in [1.54, 1.807) is 11.1 Å². The second-order valence-corrected chi connectivity index (χ2v) is 7.87. The summed E-state index contributed by atoms with van der Waals surface area (Å²) in [5.41, 5.74) is 0.175. The Kier molecular flexibility index (Phi) is 7.24. The number of hydrogen-bond donors (Lipinski definition) is 1. The standard InChI is InChI=1S/C21H25F3N8O/c1-13(2)10-27-19(15(4)32-28-7-8-29-32)20(33)31-9-5-6-16(14(31)3)30-18-12-25-17(11-26-18)21(22,23)24/h7-8,10-12,14,16H,4-6,9H2,1-3H3,(H,26,30)/t14-,16+/m0/s1. The molecule has 2 aromatic heterocycles. The molecule has 0 spiro atoms. The monoisotopic (exact) mass is 462 g/mol. The van der Waals surface area contributed by atoms with E-state index in [0.717, 1.165) is 11.8 Å². The molecule has 2 aromatic rings. The van der Waals surface area contributed by atoms with Gasteiger partial charge in [0.1, 0.15) is 11.5 Å². The second-order valence-electron chi connectivity index (χ2n) is 7.87. The van der Waals surface area contributed by atoms with Gasteiger partial charge >= 0.3 is 6.18 Å². The highest BCUT2D eigenvalue weighted by Gasteiger charge is 2.35. The molecular weight excluding hydrogens is 437 g/mol. The van der Waals surface area contributed by atoms with E-state index in [0.29, 0.717) is 25.6 Å². The number of alkyl halides is 3. The average molecular weight is 462 g/mol. The molecule has 12 heteroatoms. The molecular formula is C21H25F3N8O. The maximum absolute atomic E-state index is 13.5. The van der Waals surface area contributed by atoms with Gasteiger partial charge in [-0.15, -0.1) is 4.80 Å². The summed E-state index contributed by atoms with van der Waals surface area (Å²) in [7, 11) is 0. The van der Waals surface area contributed by atoms with E-state index in [2.05, 4.69) is 37.1 Å². The van der Waals surface area contributed by atoms with Crippen LogP contribution in [0.25, 0.3) is 5.70 Å². The fourth-order valence-electron chi connectivity index (χ4n) is 3.39. The molecule has 33 heavy (non-hydrogen) atoms. The Morgan fingerprint density at radius 2 is 1.94 bits per heavy atom. The Morgan fingerprint density at radius 1 is 1.24 bits per heavy atom. The van der Waals surface area contributed by atoms with Crippen molar-refractivity contribution in [2.75, 3.05) is 11.9 Å². The van der Waals surface area contributed by atoms with E-state index in [9.17, 15) is 18.0 Å². The molecule has 1 N–H and O–H groups in total. The minimum atomic E-state index is -4.56. The van der Waals surface area contributed by atoms with E-state index in [1.165, 1.54) is 17.2 Å². The number of allylic oxidation sites excluding steroid dienone is 1. The number of carbonyl (C=O) groups is 1. The van der Waals surface area contributed by atoms with Gasteiger partial charge in [-0.25, -0.2) is 15.0 Å². The van der Waals surface area contributed by atoms with Gasteiger partial charge in [0, 0.05) is 24.8 Å². The van der Waals surface area contributed by atoms with E-state index < -0.39 is 11.9 Å². The first-order chi connectivity index (χ1) is 15.6. The van der Waals surface area contributed by atoms with Crippen molar-refractivity contribution >= 4 is 23.1 Å². The molecule has 0 bridgehead atoms. The molecule has 3 rings (SSSR count). The third kappa shape index (κ3) is 5.82. The van der Waals surface area contributed by atoms with E-state index in [4.69, 9.17) is 0 Å². The van der Waals surface area contributed by atoms with Crippen LogP contribution in [0, 0.1) is 0 Å². The van der Waals surface area contributed by atoms with Gasteiger partial charge < -0.3 is 10.2 Å². The molecule has 0 saturated carbocycles. The minimum absolute atomic E-state index is 0.106. The molecule has 0 aromatic carbocycles. The summed E-state index contributed by atoms with van der Waals surface area (Å²) in [6.45, 7) is 10.00. The smallest absolute Gasteiger partial charge is 0.364 e. The van der Waals surface area contributed by atoms with Gasteiger partial charge in [0.15, 0.2) is 11.4 Å². The highest BCUT2D eigenvalue weighted by atomic mass is 19.4. The number of anilines is 1. The van der Waals surface area contributed by atoms with Crippen LogP contribution in [0.15, 0.2) is 48.1 Å². The maximum Gasteiger partial charge on any atom is 0.434 e. The van der Waals surface area contributed by atoms with E-state index >= 15 is 0 Å². The molecule has 1 amide bonds. The van der Waals surface area contributed by atoms with Gasteiger partial charge in [0.2, 0.25) is 0 Å². The predicted octanol–water partition coefficient (Wildman–Crippen LogP) is 3.41. The molecule has 1 saturated heterocycles. The first-order valence-corrected chi connectivity index (χ1v) is 10.3. The van der Waals surface area contributed by atoms with Gasteiger partial charge in [-0.1, -0.05) is 12.2 Å². The number of likely N-dealkylation sites (tertiary alicyclic amines) is 1. The van der Waals surface area contributed by atoms with E-state index in [-0.39, 0.29) is 35.2 Å². The molecule has 0 radical (unpaired) electrons. The lowest BCUT2D eigenvalue weighted by molar-refractivity contribution is -0.141. The fraction of sp³-hybridized carbons (Fsp3) is 0.429. The zero-order valence-electron chi connectivity index (χ0n) is 18.5. The second kappa shape index (κ2) is 9.92. The van der Waals surface area contributed by atoms with Crippen molar-refractivity contribution in [3.8, 4) is 0 Å². The molecule has 1 fully saturated rings. The number of rotatable bonds is 6. The number of aromatic nitrogens is 5. The first-order valence-electron chi connectivity index (χ1n) is 10.3. The summed E-state index contributed by atoms with van der Waals surface area (Å²) in [6, 6.07) is -0.542. The Morgan fingerprint density at radius 3 is 2.52 bits per heavy atom. The van der Waals surface area contributed by atoms with Crippen molar-refractivity contribution < 1.29 is 18.0 Å². The Hall–Kier alpha value is -3.57. The van der Waals surface area contributed by atoms with Crippen LogP contribution in [0.3, 0.4) is 0 Å². The van der Waals surface area contributed by atoms with Crippen LogP contribution in [-0.2, 0) is 11.0 Å². The number of hydrogen-bond acceptors (Lipinski definition) is 7. The normalized spacial score (nSPS) is 19.2. The summed E-state index contributed by atoms with van der Waals surface area (Å²) in [5, 5.41) is 11.2. The summed E-state index contributed by atoms with van der Waals surface area (Å²) in [5.74, 6) is -0.134. The molecule has 2 atom stereocenters. The highest BCUT2D eigenvalue weighted by Crippen LogP contribution is 2.27. The van der Waals surface area contributed by atoms with Crippen LogP contribution < -0.4 is 5.32 Å². The number of piperidine rings is 1. The van der Waals surface area contributed by atoms with Crippen molar-refractivity contribution in [2.24, 2.45) is 4.99 Å². The van der Waals surface area contributed by atoms with Crippen molar-refractivity contribution in [3.05, 3.63) is 48.8 Å². The van der Waals surface area contributed by atoms with Crippen LogP contribution in [0.4, 0.5) is 19.0 Å². The van der Waals surface area contributed by atoms with Crippen molar-refractivity contribution in [1.82, 2.24) is 29.9 Å². The molecule has 0 aliphatic carbocycles. The first kappa shape index (κ1) is 24.1. The van der Waals surface area contributed by atoms with Crippen LogP contribution in [0.1, 0.15) is 39.3 Å². The lowest BCUT2D eigenvalue weighted by atomic mass is 9.96. The van der Waals surface area contributed by atoms with Gasteiger partial charge in [-0.05, 0) is 33.6 Å². The summed E-state index contributed by atoms with van der Waals surface area (Å²) < 4.78 is 38.2. The third-order valence-corrected chi connectivity index (χ3v) is 5.11. The molecule has 176 valence electrons. The quantitative estimate of drug-likeness (QED) is 0.661. The Labute approximate surface area is 189 Å². The van der Waals surface area contributed by atoms with Crippen LogP contribution >= 0.6 is 0 Å². The third-order valence-electron chi connectivity index (χ3n) is 5.11. The molecule has 9 nitrogen and oxygen atoms in total.